The Balaban J connectivity index is 2.80. The average molecular weight is 344 g/mol. The first-order valence-corrected chi connectivity index (χ1v) is 7.31. The van der Waals surface area contributed by atoms with E-state index in [-0.39, 0.29) is 12.5 Å². The molecule has 5 heteroatoms. The van der Waals surface area contributed by atoms with E-state index in [1.165, 1.54) is 18.2 Å². The maximum absolute atomic E-state index is 13.5. The van der Waals surface area contributed by atoms with Crippen molar-refractivity contribution in [2.75, 3.05) is 6.61 Å². The lowest BCUT2D eigenvalue weighted by Gasteiger charge is -2.30. The van der Waals surface area contributed by atoms with Crippen molar-refractivity contribution in [3.8, 4) is 0 Å². The molecule has 0 atom stereocenters. The van der Waals surface area contributed by atoms with Crippen molar-refractivity contribution in [1.82, 2.24) is 5.32 Å². The minimum Gasteiger partial charge on any atom is -0.394 e. The van der Waals surface area contributed by atoms with Crippen LogP contribution in [0.1, 0.15) is 32.3 Å². The van der Waals surface area contributed by atoms with Crippen molar-refractivity contribution in [2.24, 2.45) is 0 Å². The molecule has 1 aromatic rings. The SMILES string of the molecule is CCC(CC)(CO)NC(=O)C=Cc1cc(Br)ccc1F. The molecule has 0 aliphatic carbocycles. The third-order valence-electron chi connectivity index (χ3n) is 3.42. The molecule has 0 saturated heterocycles. The summed E-state index contributed by atoms with van der Waals surface area (Å²) in [6.07, 6.45) is 3.96. The van der Waals surface area contributed by atoms with Gasteiger partial charge in [-0.1, -0.05) is 29.8 Å². The summed E-state index contributed by atoms with van der Waals surface area (Å²) in [5, 5.41) is 12.2. The van der Waals surface area contributed by atoms with Gasteiger partial charge in [-0.3, -0.25) is 4.79 Å². The molecule has 0 unspecified atom stereocenters. The highest BCUT2D eigenvalue weighted by molar-refractivity contribution is 9.10. The maximum Gasteiger partial charge on any atom is 0.244 e. The van der Waals surface area contributed by atoms with Crippen LogP contribution in [0.5, 0.6) is 0 Å². The van der Waals surface area contributed by atoms with Crippen LogP contribution in [0.2, 0.25) is 0 Å². The molecule has 0 aliphatic heterocycles. The molecular weight excluding hydrogens is 325 g/mol. The number of hydrogen-bond acceptors (Lipinski definition) is 2. The van der Waals surface area contributed by atoms with Crippen LogP contribution in [0.25, 0.3) is 6.08 Å². The van der Waals surface area contributed by atoms with Gasteiger partial charge in [0, 0.05) is 16.1 Å². The second-order valence-corrected chi connectivity index (χ2v) is 5.55. The van der Waals surface area contributed by atoms with Crippen LogP contribution in [-0.4, -0.2) is 23.2 Å². The van der Waals surface area contributed by atoms with Gasteiger partial charge in [0.05, 0.1) is 12.1 Å². The molecule has 1 aromatic carbocycles. The van der Waals surface area contributed by atoms with Crippen molar-refractivity contribution in [3.63, 3.8) is 0 Å². The summed E-state index contributed by atoms with van der Waals surface area (Å²) in [4.78, 5) is 11.9. The fourth-order valence-electron chi connectivity index (χ4n) is 1.80. The van der Waals surface area contributed by atoms with E-state index in [2.05, 4.69) is 21.2 Å². The second kappa shape index (κ2) is 7.55. The molecular formula is C15H19BrFNO2. The number of hydrogen-bond donors (Lipinski definition) is 2. The van der Waals surface area contributed by atoms with E-state index in [0.29, 0.717) is 18.4 Å². The largest absolute Gasteiger partial charge is 0.394 e. The third kappa shape index (κ3) is 4.42. The van der Waals surface area contributed by atoms with E-state index in [1.54, 1.807) is 12.1 Å². The zero-order valence-electron chi connectivity index (χ0n) is 11.6. The number of amides is 1. The highest BCUT2D eigenvalue weighted by Gasteiger charge is 2.26. The van der Waals surface area contributed by atoms with Gasteiger partial charge < -0.3 is 10.4 Å². The lowest BCUT2D eigenvalue weighted by atomic mass is 9.94. The van der Waals surface area contributed by atoms with Gasteiger partial charge in [0.2, 0.25) is 5.91 Å². The summed E-state index contributed by atoms with van der Waals surface area (Å²) in [6, 6.07) is 4.52. The van der Waals surface area contributed by atoms with Gasteiger partial charge in [0.1, 0.15) is 5.82 Å². The standard InChI is InChI=1S/C15H19BrFNO2/c1-3-15(4-2,10-19)18-14(20)8-5-11-9-12(16)6-7-13(11)17/h5-9,19H,3-4,10H2,1-2H3,(H,18,20). The Kier molecular flexibility index (Phi) is 6.36. The monoisotopic (exact) mass is 343 g/mol. The fraction of sp³-hybridized carbons (Fsp3) is 0.400. The van der Waals surface area contributed by atoms with Crippen LogP contribution in [0.4, 0.5) is 4.39 Å². The summed E-state index contributed by atoms with van der Waals surface area (Å²) < 4.78 is 14.3. The van der Waals surface area contributed by atoms with Gasteiger partial charge in [-0.25, -0.2) is 4.39 Å². The van der Waals surface area contributed by atoms with E-state index in [4.69, 9.17) is 0 Å². The molecule has 3 nitrogen and oxygen atoms in total. The molecule has 0 spiro atoms. The van der Waals surface area contributed by atoms with Crippen LogP contribution < -0.4 is 5.32 Å². The number of nitrogens with one attached hydrogen (secondary N) is 1. The number of halogens is 2. The van der Waals surface area contributed by atoms with E-state index in [0.717, 1.165) is 4.47 Å². The van der Waals surface area contributed by atoms with Crippen LogP contribution in [0, 0.1) is 5.82 Å². The first-order chi connectivity index (χ1) is 9.46. The highest BCUT2D eigenvalue weighted by atomic mass is 79.9. The van der Waals surface area contributed by atoms with Crippen molar-refractivity contribution >= 4 is 27.9 Å². The van der Waals surface area contributed by atoms with Gasteiger partial charge in [0.15, 0.2) is 0 Å². The van der Waals surface area contributed by atoms with Crippen LogP contribution in [-0.2, 0) is 4.79 Å². The number of carbonyl (C=O) groups excluding carboxylic acids is 1. The van der Waals surface area contributed by atoms with Crippen LogP contribution in [0.3, 0.4) is 0 Å². The molecule has 1 rings (SSSR count). The van der Waals surface area contributed by atoms with Crippen molar-refractivity contribution in [3.05, 3.63) is 40.1 Å². The number of benzene rings is 1. The number of aliphatic hydroxyl groups excluding tert-OH is 1. The molecule has 0 aliphatic rings. The second-order valence-electron chi connectivity index (χ2n) is 4.63. The first-order valence-electron chi connectivity index (χ1n) is 6.52. The summed E-state index contributed by atoms with van der Waals surface area (Å²) >= 11 is 3.25. The van der Waals surface area contributed by atoms with Gasteiger partial charge in [-0.15, -0.1) is 0 Å². The van der Waals surface area contributed by atoms with E-state index in [1.807, 2.05) is 13.8 Å². The van der Waals surface area contributed by atoms with Gasteiger partial charge in [-0.2, -0.15) is 0 Å². The molecule has 0 aromatic heterocycles. The number of aliphatic hydroxyl groups is 1. The van der Waals surface area contributed by atoms with Crippen LogP contribution in [0.15, 0.2) is 28.7 Å². The average Bonchev–Trinajstić information content (AvgIpc) is 2.46. The topological polar surface area (TPSA) is 49.3 Å². The Hall–Kier alpha value is -1.20. The lowest BCUT2D eigenvalue weighted by Crippen LogP contribution is -2.49. The molecule has 0 fully saturated rings. The van der Waals surface area contributed by atoms with Crippen molar-refractivity contribution in [2.45, 2.75) is 32.2 Å². The zero-order valence-corrected chi connectivity index (χ0v) is 13.2. The molecule has 0 saturated carbocycles. The van der Waals surface area contributed by atoms with E-state index in [9.17, 15) is 14.3 Å². The van der Waals surface area contributed by atoms with E-state index < -0.39 is 11.4 Å². The quantitative estimate of drug-likeness (QED) is 0.779. The minimum atomic E-state index is -0.614. The van der Waals surface area contributed by atoms with Gasteiger partial charge in [-0.05, 0) is 37.1 Å². The normalized spacial score (nSPS) is 11.8. The third-order valence-corrected chi connectivity index (χ3v) is 3.91. The predicted octanol–water partition coefficient (Wildman–Crippen LogP) is 3.27. The first kappa shape index (κ1) is 16.9. The van der Waals surface area contributed by atoms with Crippen molar-refractivity contribution < 1.29 is 14.3 Å². The van der Waals surface area contributed by atoms with Crippen LogP contribution >= 0.6 is 15.9 Å². The predicted molar refractivity (Wildman–Crippen MR) is 81.7 cm³/mol. The summed E-state index contributed by atoms with van der Waals surface area (Å²) in [5.41, 5.74) is -0.283. The Morgan fingerprint density at radius 2 is 2.10 bits per heavy atom. The zero-order chi connectivity index (χ0) is 15.2. The molecule has 20 heavy (non-hydrogen) atoms. The minimum absolute atomic E-state index is 0.120. The molecule has 1 amide bonds. The fourth-order valence-corrected chi connectivity index (χ4v) is 2.18. The summed E-state index contributed by atoms with van der Waals surface area (Å²) in [7, 11) is 0. The van der Waals surface area contributed by atoms with Gasteiger partial charge >= 0.3 is 0 Å². The molecule has 0 radical (unpaired) electrons. The molecule has 0 bridgehead atoms. The maximum atomic E-state index is 13.5. The smallest absolute Gasteiger partial charge is 0.244 e. The Morgan fingerprint density at radius 1 is 1.45 bits per heavy atom. The lowest BCUT2D eigenvalue weighted by molar-refractivity contribution is -0.119. The molecule has 2 N–H and O–H groups in total. The Morgan fingerprint density at radius 3 is 2.65 bits per heavy atom. The Bertz CT molecular complexity index is 490. The highest BCUT2D eigenvalue weighted by Crippen LogP contribution is 2.17. The number of carbonyl (C=O) groups is 1. The van der Waals surface area contributed by atoms with Crippen molar-refractivity contribution in [1.29, 1.82) is 0 Å². The number of rotatable bonds is 6. The van der Waals surface area contributed by atoms with Gasteiger partial charge in [0.25, 0.3) is 0 Å². The Labute approximate surface area is 127 Å². The summed E-state index contributed by atoms with van der Waals surface area (Å²) in [5.74, 6) is -0.737. The summed E-state index contributed by atoms with van der Waals surface area (Å²) in [6.45, 7) is 3.68. The van der Waals surface area contributed by atoms with E-state index >= 15 is 0 Å². The molecule has 110 valence electrons. The molecule has 0 heterocycles.